The highest BCUT2D eigenvalue weighted by atomic mass is 79.9. The van der Waals surface area contributed by atoms with Crippen molar-refractivity contribution < 1.29 is 14.3 Å². The quantitative estimate of drug-likeness (QED) is 0.226. The van der Waals surface area contributed by atoms with Gasteiger partial charge in [0.25, 0.3) is 0 Å². The summed E-state index contributed by atoms with van der Waals surface area (Å²) in [5.41, 5.74) is 2.91. The van der Waals surface area contributed by atoms with Gasteiger partial charge < -0.3 is 9.30 Å². The molecule has 1 aliphatic carbocycles. The number of hydrogen-bond acceptors (Lipinski definition) is 3. The molecule has 0 atom stereocenters. The first-order valence-electron chi connectivity index (χ1n) is 10.1. The van der Waals surface area contributed by atoms with Crippen LogP contribution in [0, 0.1) is 0 Å². The van der Waals surface area contributed by atoms with Crippen molar-refractivity contribution in [2.24, 2.45) is 0 Å². The largest absolute Gasteiger partial charge is 0.490 e. The van der Waals surface area contributed by atoms with Crippen molar-refractivity contribution in [1.29, 1.82) is 0 Å². The maximum atomic E-state index is 12.8. The summed E-state index contributed by atoms with van der Waals surface area (Å²) in [4.78, 5) is 25.7. The van der Waals surface area contributed by atoms with Crippen LogP contribution in [0.15, 0.2) is 83.0 Å². The molecular weight excluding hydrogens is 490 g/mol. The molecule has 3 aromatic carbocycles. The molecule has 1 heterocycles. The number of halogens is 2. The third-order valence-electron chi connectivity index (χ3n) is 5.51. The predicted molar refractivity (Wildman–Crippen MR) is 130 cm³/mol. The Balaban J connectivity index is 1.49. The number of ether oxygens (including phenoxy) is 1. The summed E-state index contributed by atoms with van der Waals surface area (Å²) in [7, 11) is 0. The van der Waals surface area contributed by atoms with E-state index in [1.54, 1.807) is 36.4 Å². The van der Waals surface area contributed by atoms with Crippen LogP contribution >= 0.6 is 27.5 Å². The zero-order chi connectivity index (χ0) is 22.2. The van der Waals surface area contributed by atoms with Crippen LogP contribution in [-0.4, -0.2) is 22.7 Å². The zero-order valence-corrected chi connectivity index (χ0v) is 19.2. The van der Waals surface area contributed by atoms with Crippen LogP contribution in [0.1, 0.15) is 26.3 Å². The van der Waals surface area contributed by atoms with Gasteiger partial charge in [-0.25, -0.2) is 0 Å². The predicted octanol–water partition coefficient (Wildman–Crippen LogP) is 6.60. The molecule has 0 aliphatic heterocycles. The number of benzene rings is 3. The normalized spacial score (nSPS) is 13.0. The number of ketones is 2. The Bertz CT molecular complexity index is 1380. The van der Waals surface area contributed by atoms with Gasteiger partial charge in [-0.1, -0.05) is 63.9 Å². The van der Waals surface area contributed by atoms with Gasteiger partial charge in [0, 0.05) is 38.3 Å². The van der Waals surface area contributed by atoms with E-state index in [0.717, 1.165) is 20.9 Å². The van der Waals surface area contributed by atoms with Crippen molar-refractivity contribution >= 4 is 56.1 Å². The van der Waals surface area contributed by atoms with Crippen LogP contribution in [0.2, 0.25) is 5.02 Å². The Morgan fingerprint density at radius 3 is 2.34 bits per heavy atom. The molecule has 6 heteroatoms. The van der Waals surface area contributed by atoms with E-state index in [0.29, 0.717) is 35.1 Å². The van der Waals surface area contributed by atoms with Crippen LogP contribution in [0.3, 0.4) is 0 Å². The second-order valence-corrected chi connectivity index (χ2v) is 8.80. The van der Waals surface area contributed by atoms with Gasteiger partial charge in [0.15, 0.2) is 11.6 Å². The number of carbonyl (C=O) groups is 2. The second-order valence-electron chi connectivity index (χ2n) is 7.48. The van der Waals surface area contributed by atoms with Gasteiger partial charge in [0.2, 0.25) is 0 Å². The maximum Gasteiger partial charge on any atom is 0.197 e. The van der Waals surface area contributed by atoms with Crippen LogP contribution in [0.25, 0.3) is 17.0 Å². The molecule has 0 spiro atoms. The van der Waals surface area contributed by atoms with Crippen LogP contribution in [0.4, 0.5) is 0 Å². The first kappa shape index (κ1) is 20.7. The van der Waals surface area contributed by atoms with Gasteiger partial charge in [0.05, 0.1) is 17.1 Å². The van der Waals surface area contributed by atoms with Crippen molar-refractivity contribution in [2.45, 2.75) is 6.54 Å². The highest BCUT2D eigenvalue weighted by Gasteiger charge is 2.32. The lowest BCUT2D eigenvalue weighted by Crippen LogP contribution is -2.07. The minimum absolute atomic E-state index is 0.192. The van der Waals surface area contributed by atoms with Gasteiger partial charge in [0.1, 0.15) is 12.4 Å². The number of rotatable bonds is 5. The molecule has 0 amide bonds. The van der Waals surface area contributed by atoms with E-state index < -0.39 is 0 Å². The highest BCUT2D eigenvalue weighted by Crippen LogP contribution is 2.32. The van der Waals surface area contributed by atoms with Crippen molar-refractivity contribution in [3.8, 4) is 5.75 Å². The molecule has 4 nitrogen and oxygen atoms in total. The molecule has 1 aromatic heterocycles. The first-order valence-corrected chi connectivity index (χ1v) is 11.3. The molecule has 5 rings (SSSR count). The molecule has 0 saturated carbocycles. The maximum absolute atomic E-state index is 12.8. The third-order valence-corrected chi connectivity index (χ3v) is 6.31. The third kappa shape index (κ3) is 3.68. The fraction of sp³-hybridized carbons (Fsp3) is 0.0769. The molecule has 1 aliphatic rings. The van der Waals surface area contributed by atoms with Gasteiger partial charge in [-0.05, 0) is 36.4 Å². The average Bonchev–Trinajstić information content (AvgIpc) is 3.25. The summed E-state index contributed by atoms with van der Waals surface area (Å²) in [6.45, 7) is 0.998. The van der Waals surface area contributed by atoms with Crippen molar-refractivity contribution in [1.82, 2.24) is 4.57 Å². The molecule has 0 bridgehead atoms. The fourth-order valence-electron chi connectivity index (χ4n) is 3.97. The van der Waals surface area contributed by atoms with Crippen LogP contribution in [-0.2, 0) is 6.54 Å². The van der Waals surface area contributed by atoms with Crippen LogP contribution < -0.4 is 4.74 Å². The Labute approximate surface area is 198 Å². The molecule has 0 saturated heterocycles. The topological polar surface area (TPSA) is 48.3 Å². The summed E-state index contributed by atoms with van der Waals surface area (Å²) >= 11 is 9.70. The molecular formula is C26H17BrClNO3. The number of aromatic nitrogens is 1. The fourth-order valence-corrected chi connectivity index (χ4v) is 4.52. The highest BCUT2D eigenvalue weighted by molar-refractivity contribution is 9.10. The van der Waals surface area contributed by atoms with Crippen molar-refractivity contribution in [2.75, 3.05) is 6.61 Å². The van der Waals surface area contributed by atoms with Gasteiger partial charge in [-0.15, -0.1) is 0 Å². The summed E-state index contributed by atoms with van der Waals surface area (Å²) in [6, 6.07) is 20.3. The molecule has 158 valence electrons. The number of nitrogens with zero attached hydrogens (tertiary/aromatic N) is 1. The Morgan fingerprint density at radius 1 is 0.938 bits per heavy atom. The second kappa shape index (κ2) is 8.41. The number of fused-ring (bicyclic) bond motifs is 2. The number of hydrogen-bond donors (Lipinski definition) is 0. The lowest BCUT2D eigenvalue weighted by molar-refractivity contribution is 0.0990. The lowest BCUT2D eigenvalue weighted by Gasteiger charge is -2.09. The average molecular weight is 507 g/mol. The standard InChI is InChI=1S/C26H17BrClNO3/c27-17-9-10-23-20(14-17)16(13-21-25(30)18-5-1-2-6-19(18)26(21)31)15-29(23)11-12-32-24-8-4-3-7-22(24)28/h1-10,13-15H,11-12H2. The van der Waals surface area contributed by atoms with E-state index >= 15 is 0 Å². The zero-order valence-electron chi connectivity index (χ0n) is 16.8. The van der Waals surface area contributed by atoms with Gasteiger partial charge in [-0.2, -0.15) is 0 Å². The molecule has 32 heavy (non-hydrogen) atoms. The van der Waals surface area contributed by atoms with E-state index in [4.69, 9.17) is 16.3 Å². The minimum Gasteiger partial charge on any atom is -0.490 e. The summed E-state index contributed by atoms with van der Waals surface area (Å²) in [5, 5.41) is 1.51. The molecule has 0 unspecified atom stereocenters. The molecule has 4 aromatic rings. The number of allylic oxidation sites excluding steroid dienone is 1. The Morgan fingerprint density at radius 2 is 1.62 bits per heavy atom. The molecule has 0 fully saturated rings. The van der Waals surface area contributed by atoms with E-state index in [1.807, 2.05) is 42.6 Å². The molecule has 0 radical (unpaired) electrons. The van der Waals surface area contributed by atoms with Crippen LogP contribution in [0.5, 0.6) is 5.75 Å². The number of Topliss-reactive ketones (excluding diaryl/α,β-unsaturated/α-hetero) is 2. The van der Waals surface area contributed by atoms with Gasteiger partial charge in [-0.3, -0.25) is 9.59 Å². The van der Waals surface area contributed by atoms with E-state index in [1.165, 1.54) is 0 Å². The minimum atomic E-state index is -0.233. The Hall–Kier alpha value is -3.15. The van der Waals surface area contributed by atoms with E-state index in [2.05, 4.69) is 20.5 Å². The number of carbonyl (C=O) groups excluding carboxylic acids is 2. The summed E-state index contributed by atoms with van der Waals surface area (Å²) in [5.74, 6) is 0.169. The lowest BCUT2D eigenvalue weighted by atomic mass is 10.1. The van der Waals surface area contributed by atoms with E-state index in [9.17, 15) is 9.59 Å². The van der Waals surface area contributed by atoms with E-state index in [-0.39, 0.29) is 17.1 Å². The SMILES string of the molecule is O=C1C(=Cc2cn(CCOc3ccccc3Cl)c3ccc(Br)cc23)C(=O)c2ccccc21. The molecule has 0 N–H and O–H groups in total. The van der Waals surface area contributed by atoms with Crippen molar-refractivity contribution in [3.05, 3.63) is 105 Å². The van der Waals surface area contributed by atoms with Gasteiger partial charge >= 0.3 is 0 Å². The Kier molecular flexibility index (Phi) is 5.45. The summed E-state index contributed by atoms with van der Waals surface area (Å²) < 4.78 is 8.82. The first-order chi connectivity index (χ1) is 15.5. The summed E-state index contributed by atoms with van der Waals surface area (Å²) in [6.07, 6.45) is 3.65. The monoisotopic (exact) mass is 505 g/mol. The smallest absolute Gasteiger partial charge is 0.197 e. The van der Waals surface area contributed by atoms with Crippen molar-refractivity contribution in [3.63, 3.8) is 0 Å². The number of para-hydroxylation sites is 1.